The summed E-state index contributed by atoms with van der Waals surface area (Å²) in [5.41, 5.74) is 0. The highest BCUT2D eigenvalue weighted by Crippen LogP contribution is 2.24. The maximum atomic E-state index is 12.1. The minimum atomic E-state index is -0.720. The van der Waals surface area contributed by atoms with Crippen molar-refractivity contribution in [2.75, 3.05) is 37.1 Å². The number of carboxylic acid groups (broad SMARTS) is 2. The van der Waals surface area contributed by atoms with Crippen LogP contribution in [0.25, 0.3) is 0 Å². The number of carboxylic acids is 2. The Morgan fingerprint density at radius 1 is 0.380 bits per heavy atom. The van der Waals surface area contributed by atoms with Crippen LogP contribution >= 0.6 is 33.3 Å². The predicted octanol–water partition coefficient (Wildman–Crippen LogP) is 16.5. The SMILES string of the molecule is C=CC/C=C/N(C)C(=O)CCCCCCCC/C=C/[C@H](CCSC[C@@H](/C=C/CCCCCCCCC(=O)N(C)/C=C/CC=C)NC(C)=O)NC(C)=O.CC(=O)N[C@H](/C=C/CCCCCCCCC(=O)O)CSSC[C@@H](/C=C/CCCCCCCCC(=O)O)NC(C)=O. The smallest absolute Gasteiger partial charge is 0.303 e. The minimum absolute atomic E-state index is 0.00779. The Labute approximate surface area is 569 Å². The van der Waals surface area contributed by atoms with Gasteiger partial charge in [0.2, 0.25) is 35.4 Å². The molecule has 92 heavy (non-hydrogen) atoms. The normalized spacial score (nSPS) is 12.8. The van der Waals surface area contributed by atoms with E-state index in [0.29, 0.717) is 12.8 Å². The first kappa shape index (κ1) is 88.8. The second-order valence-electron chi connectivity index (χ2n) is 23.6. The number of allylic oxidation sites excluding steroid dienone is 8. The number of nitrogens with one attached hydrogen (secondary N) is 4. The van der Waals surface area contributed by atoms with Crippen molar-refractivity contribution in [1.82, 2.24) is 31.1 Å². The number of aliphatic carboxylic acids is 2. The molecule has 0 aromatic carbocycles. The molecule has 0 aromatic heterocycles. The zero-order valence-electron chi connectivity index (χ0n) is 57.7. The first-order chi connectivity index (χ1) is 44.3. The second kappa shape index (κ2) is 65.8. The Balaban J connectivity index is 0. The molecule has 6 N–H and O–H groups in total. The molecule has 6 amide bonds. The molecule has 0 unspecified atom stereocenters. The number of unbranched alkanes of at least 4 members (excludes halogenated alkanes) is 24. The van der Waals surface area contributed by atoms with Gasteiger partial charge in [-0.25, -0.2) is 0 Å². The number of hydrogen-bond donors (Lipinski definition) is 6. The van der Waals surface area contributed by atoms with Crippen LogP contribution in [0.4, 0.5) is 0 Å². The molecule has 0 saturated heterocycles. The molecule has 0 bridgehead atoms. The van der Waals surface area contributed by atoms with Crippen LogP contribution in [0.2, 0.25) is 0 Å². The highest BCUT2D eigenvalue weighted by atomic mass is 33.1. The third-order valence-corrected chi connectivity index (χ3v) is 18.2. The Morgan fingerprint density at radius 2 is 0.652 bits per heavy atom. The van der Waals surface area contributed by atoms with E-state index in [9.17, 15) is 38.4 Å². The van der Waals surface area contributed by atoms with Gasteiger partial charge in [0, 0.05) is 103 Å². The van der Waals surface area contributed by atoms with Gasteiger partial charge in [0.15, 0.2) is 0 Å². The summed E-state index contributed by atoms with van der Waals surface area (Å²) in [6.45, 7) is 13.5. The van der Waals surface area contributed by atoms with Crippen molar-refractivity contribution in [3.8, 4) is 0 Å². The fourth-order valence-corrected chi connectivity index (χ4v) is 12.9. The zero-order valence-corrected chi connectivity index (χ0v) is 60.1. The average molecular weight is 1340 g/mol. The van der Waals surface area contributed by atoms with Crippen molar-refractivity contribution in [1.29, 1.82) is 0 Å². The van der Waals surface area contributed by atoms with Gasteiger partial charge in [-0.05, 0) is 102 Å². The third kappa shape index (κ3) is 66.2. The van der Waals surface area contributed by atoms with E-state index in [1.54, 1.807) is 71.1 Å². The van der Waals surface area contributed by atoms with E-state index in [4.69, 9.17) is 10.2 Å². The standard InChI is InChI=1S/C43H72N4O4S.C30H52N2O6S2/c1-7-9-27-34-46(5)42(50)31-25-21-17-13-11-15-19-23-29-40(44-38(3)48)33-36-52-37-41(45-39(4)49)30-24-20-16-12-14-18-22-26-32-43(51)47(6)35-28-10-8-2;1-25(33)31-27(19-15-11-7-3-5-9-13-17-21-29(35)36)23-39-40-24-28(32-26(2)34)20-16-12-8-4-6-10-14-18-22-30(37)38/h7-8,23-24,27-30,34-35,40-41H,1-2,9-22,25-26,31-33,36-37H2,3-6H3,(H,44,48)(H,45,49);15-16,19-20,27-28H,3-14,17-18,21-24H2,1-2H3,(H,31,33)(H,32,34)(H,35,36)(H,37,38)/b29-23+,30-24+,34-27+,35-28+;19-15+,20-16+/t40-,41-;27-,28-/m11/s1. The molecule has 524 valence electrons. The molecule has 0 heterocycles. The van der Waals surface area contributed by atoms with Crippen LogP contribution in [0.15, 0.2) is 98.5 Å². The van der Waals surface area contributed by atoms with Gasteiger partial charge in [-0.2, -0.15) is 11.8 Å². The van der Waals surface area contributed by atoms with Crippen LogP contribution in [-0.2, 0) is 38.4 Å². The lowest BCUT2D eigenvalue weighted by Crippen LogP contribution is -2.34. The molecule has 0 rings (SSSR count). The van der Waals surface area contributed by atoms with E-state index in [1.165, 1.54) is 26.7 Å². The average Bonchev–Trinajstić information content (AvgIpc) is 3.68. The topological polar surface area (TPSA) is 232 Å². The van der Waals surface area contributed by atoms with E-state index in [-0.39, 0.29) is 72.5 Å². The van der Waals surface area contributed by atoms with E-state index in [0.717, 1.165) is 209 Å². The first-order valence-corrected chi connectivity index (χ1v) is 38.0. The molecule has 0 aliphatic rings. The van der Waals surface area contributed by atoms with Crippen molar-refractivity contribution in [3.63, 3.8) is 0 Å². The van der Waals surface area contributed by atoms with Crippen LogP contribution in [0.3, 0.4) is 0 Å². The highest BCUT2D eigenvalue weighted by Gasteiger charge is 2.13. The molecule has 0 fully saturated rings. The van der Waals surface area contributed by atoms with Crippen molar-refractivity contribution in [2.24, 2.45) is 0 Å². The fourth-order valence-electron chi connectivity index (χ4n) is 9.53. The van der Waals surface area contributed by atoms with Gasteiger partial charge in [-0.1, -0.05) is 197 Å². The summed E-state index contributed by atoms with van der Waals surface area (Å²) in [6, 6.07) is -0.0749. The Bertz CT molecular complexity index is 2020. The summed E-state index contributed by atoms with van der Waals surface area (Å²) in [7, 11) is 6.98. The van der Waals surface area contributed by atoms with Gasteiger partial charge in [-0.15, -0.1) is 13.2 Å². The summed E-state index contributed by atoms with van der Waals surface area (Å²) in [6.07, 6.45) is 61.6. The molecule has 0 aromatic rings. The molecule has 0 aliphatic carbocycles. The summed E-state index contributed by atoms with van der Waals surface area (Å²) < 4.78 is 0. The maximum Gasteiger partial charge on any atom is 0.303 e. The van der Waals surface area contributed by atoms with Crippen LogP contribution < -0.4 is 21.3 Å². The fraction of sp³-hybridized carbons (Fsp3) is 0.671. The monoisotopic (exact) mass is 1340 g/mol. The van der Waals surface area contributed by atoms with Gasteiger partial charge in [0.05, 0.1) is 18.1 Å². The molecule has 0 radical (unpaired) electrons. The second-order valence-corrected chi connectivity index (χ2v) is 27.3. The number of nitrogens with zero attached hydrogens (tertiary/aromatic N) is 2. The molecule has 4 atom stereocenters. The van der Waals surface area contributed by atoms with E-state index in [1.807, 2.05) is 36.7 Å². The largest absolute Gasteiger partial charge is 0.481 e. The van der Waals surface area contributed by atoms with Gasteiger partial charge in [-0.3, -0.25) is 38.4 Å². The van der Waals surface area contributed by atoms with Crippen molar-refractivity contribution in [2.45, 2.75) is 277 Å². The van der Waals surface area contributed by atoms with Crippen LogP contribution in [-0.4, -0.2) is 129 Å². The zero-order chi connectivity index (χ0) is 68.5. The lowest BCUT2D eigenvalue weighted by Gasteiger charge is -2.16. The summed E-state index contributed by atoms with van der Waals surface area (Å²) in [5, 5.41) is 29.4. The number of thioether (sulfide) groups is 1. The van der Waals surface area contributed by atoms with E-state index < -0.39 is 11.9 Å². The van der Waals surface area contributed by atoms with Crippen LogP contribution in [0.1, 0.15) is 252 Å². The molecule has 0 aliphatic heterocycles. The number of carbonyl (C=O) groups is 8. The molecule has 0 spiro atoms. The molecule has 16 nitrogen and oxygen atoms in total. The van der Waals surface area contributed by atoms with Crippen LogP contribution in [0, 0.1) is 0 Å². The molecular weight excluding hydrogens is 1220 g/mol. The maximum absolute atomic E-state index is 12.1. The van der Waals surface area contributed by atoms with Gasteiger partial charge >= 0.3 is 11.9 Å². The van der Waals surface area contributed by atoms with Gasteiger partial charge in [0.25, 0.3) is 0 Å². The number of carbonyl (C=O) groups excluding carboxylic acids is 6. The molecular formula is C73H124N6O10S3. The van der Waals surface area contributed by atoms with Gasteiger partial charge < -0.3 is 41.3 Å². The predicted molar refractivity (Wildman–Crippen MR) is 390 cm³/mol. The quantitative estimate of drug-likeness (QED) is 0.0189. The highest BCUT2D eigenvalue weighted by molar-refractivity contribution is 8.76. The Hall–Kier alpha value is -5.27. The van der Waals surface area contributed by atoms with Crippen molar-refractivity contribution >= 4 is 80.7 Å². The van der Waals surface area contributed by atoms with E-state index >= 15 is 0 Å². The van der Waals surface area contributed by atoms with Gasteiger partial charge in [0.1, 0.15) is 0 Å². The summed E-state index contributed by atoms with van der Waals surface area (Å²) >= 11 is 1.79. The minimum Gasteiger partial charge on any atom is -0.481 e. The first-order valence-electron chi connectivity index (χ1n) is 34.4. The number of hydrogen-bond acceptors (Lipinski definition) is 11. The number of amides is 6. The molecule has 19 heteroatoms. The summed E-state index contributed by atoms with van der Waals surface area (Å²) in [4.78, 5) is 95.5. The Kier molecular flexibility index (Phi) is 63.5. The third-order valence-electron chi connectivity index (χ3n) is 14.6. The lowest BCUT2D eigenvalue weighted by molar-refractivity contribution is -0.138. The van der Waals surface area contributed by atoms with Crippen molar-refractivity contribution in [3.05, 3.63) is 98.5 Å². The lowest BCUT2D eigenvalue weighted by atomic mass is 10.1. The summed E-state index contributed by atoms with van der Waals surface area (Å²) in [5.74, 6) is 1.88. The number of rotatable bonds is 60. The van der Waals surface area contributed by atoms with Crippen molar-refractivity contribution < 1.29 is 48.6 Å². The van der Waals surface area contributed by atoms with E-state index in [2.05, 4.69) is 83.0 Å². The Morgan fingerprint density at radius 3 is 0.957 bits per heavy atom. The molecule has 0 saturated carbocycles. The van der Waals surface area contributed by atoms with Crippen LogP contribution in [0.5, 0.6) is 0 Å².